The van der Waals surface area contributed by atoms with Crippen LogP contribution in [0.5, 0.6) is 11.8 Å². The van der Waals surface area contributed by atoms with Crippen LogP contribution in [0.15, 0.2) is 36.4 Å². The average Bonchev–Trinajstić information content (AvgIpc) is 2.84. The van der Waals surface area contributed by atoms with Gasteiger partial charge in [0.2, 0.25) is 0 Å². The molecule has 20 heavy (non-hydrogen) atoms. The summed E-state index contributed by atoms with van der Waals surface area (Å²) < 4.78 is 6.93. The fourth-order valence-electron chi connectivity index (χ4n) is 1.92. The first kappa shape index (κ1) is 12.1. The lowest BCUT2D eigenvalue weighted by atomic mass is 10.1. The van der Waals surface area contributed by atoms with E-state index in [1.54, 1.807) is 19.2 Å². The maximum atomic E-state index is 11.3. The van der Waals surface area contributed by atoms with Gasteiger partial charge in [0.15, 0.2) is 5.75 Å². The number of tetrazole rings is 1. The Morgan fingerprint density at radius 2 is 2.05 bits per heavy atom. The quantitative estimate of drug-likeness (QED) is 0.781. The van der Waals surface area contributed by atoms with E-state index in [1.165, 1.54) is 10.7 Å². The first-order chi connectivity index (χ1) is 9.66. The second-order valence-corrected chi connectivity index (χ2v) is 4.16. The van der Waals surface area contributed by atoms with E-state index in [9.17, 15) is 9.90 Å². The lowest BCUT2D eigenvalue weighted by molar-refractivity contribution is 0.0694. The van der Waals surface area contributed by atoms with E-state index in [4.69, 9.17) is 4.74 Å². The van der Waals surface area contributed by atoms with Crippen molar-refractivity contribution in [2.45, 2.75) is 0 Å². The Labute approximate surface area is 113 Å². The summed E-state index contributed by atoms with van der Waals surface area (Å²) >= 11 is 0. The van der Waals surface area contributed by atoms with Gasteiger partial charge in [0.25, 0.3) is 0 Å². The molecule has 0 fully saturated rings. The average molecular weight is 270 g/mol. The van der Waals surface area contributed by atoms with E-state index < -0.39 is 5.97 Å². The van der Waals surface area contributed by atoms with E-state index in [2.05, 4.69) is 15.5 Å². The summed E-state index contributed by atoms with van der Waals surface area (Å²) in [6.45, 7) is 0. The lowest BCUT2D eigenvalue weighted by Crippen LogP contribution is -2.03. The van der Waals surface area contributed by atoms with Crippen LogP contribution in [0.25, 0.3) is 10.8 Å². The number of hydrogen-bond acceptors (Lipinski definition) is 5. The van der Waals surface area contributed by atoms with Gasteiger partial charge in [-0.05, 0) is 21.9 Å². The number of carboxylic acids is 1. The van der Waals surface area contributed by atoms with E-state index in [-0.39, 0.29) is 17.3 Å². The minimum atomic E-state index is -1.07. The molecule has 0 aliphatic rings. The van der Waals surface area contributed by atoms with Crippen LogP contribution in [0, 0.1) is 0 Å². The third-order valence-electron chi connectivity index (χ3n) is 2.88. The van der Waals surface area contributed by atoms with Gasteiger partial charge >= 0.3 is 12.0 Å². The maximum absolute atomic E-state index is 11.3. The summed E-state index contributed by atoms with van der Waals surface area (Å²) in [6, 6.07) is 10.7. The van der Waals surface area contributed by atoms with Gasteiger partial charge in [0.1, 0.15) is 5.56 Å². The van der Waals surface area contributed by atoms with Crippen molar-refractivity contribution in [1.82, 2.24) is 20.2 Å². The molecule has 1 N–H and O–H groups in total. The molecular weight excluding hydrogens is 260 g/mol. The minimum Gasteiger partial charge on any atom is -0.478 e. The number of aromatic nitrogens is 4. The number of aryl methyl sites for hydroxylation is 1. The molecule has 0 saturated heterocycles. The van der Waals surface area contributed by atoms with Crippen molar-refractivity contribution < 1.29 is 14.6 Å². The second-order valence-electron chi connectivity index (χ2n) is 4.16. The minimum absolute atomic E-state index is 0.0618. The van der Waals surface area contributed by atoms with Gasteiger partial charge < -0.3 is 9.84 Å². The van der Waals surface area contributed by atoms with Crippen LogP contribution in [0.3, 0.4) is 0 Å². The number of fused-ring (bicyclic) bond motifs is 1. The first-order valence-electron chi connectivity index (χ1n) is 5.82. The normalized spacial score (nSPS) is 10.7. The third-order valence-corrected chi connectivity index (χ3v) is 2.88. The number of nitrogens with zero attached hydrogens (tertiary/aromatic N) is 4. The van der Waals surface area contributed by atoms with Gasteiger partial charge in [-0.1, -0.05) is 35.4 Å². The molecule has 3 rings (SSSR count). The van der Waals surface area contributed by atoms with Crippen LogP contribution in [-0.4, -0.2) is 31.3 Å². The Morgan fingerprint density at radius 1 is 1.25 bits per heavy atom. The Balaban J connectivity index is 2.22. The SMILES string of the molecule is Cn1nnnc1Oc1c(C(=O)O)ccc2ccccc12. The van der Waals surface area contributed by atoms with E-state index in [1.807, 2.05) is 18.2 Å². The zero-order valence-electron chi connectivity index (χ0n) is 10.5. The number of benzene rings is 2. The molecular formula is C13H10N4O3. The first-order valence-corrected chi connectivity index (χ1v) is 5.82. The Hall–Kier alpha value is -2.96. The lowest BCUT2D eigenvalue weighted by Gasteiger charge is -2.10. The van der Waals surface area contributed by atoms with E-state index in [0.29, 0.717) is 5.39 Å². The fourth-order valence-corrected chi connectivity index (χ4v) is 1.92. The highest BCUT2D eigenvalue weighted by Crippen LogP contribution is 2.32. The van der Waals surface area contributed by atoms with Gasteiger partial charge in [-0.3, -0.25) is 0 Å². The Kier molecular flexibility index (Phi) is 2.79. The number of carbonyl (C=O) groups is 1. The predicted octanol–water partition coefficient (Wildman–Crippen LogP) is 1.85. The summed E-state index contributed by atoms with van der Waals surface area (Å²) in [7, 11) is 1.61. The molecule has 1 aromatic heterocycles. The van der Waals surface area contributed by atoms with Gasteiger partial charge in [-0.25, -0.2) is 4.79 Å². The van der Waals surface area contributed by atoms with Crippen molar-refractivity contribution in [3.05, 3.63) is 42.0 Å². The summed E-state index contributed by atoms with van der Waals surface area (Å²) in [5, 5.41) is 21.7. The smallest absolute Gasteiger partial charge is 0.340 e. The van der Waals surface area contributed by atoms with Crippen molar-refractivity contribution in [2.75, 3.05) is 0 Å². The largest absolute Gasteiger partial charge is 0.478 e. The molecule has 0 aliphatic carbocycles. The van der Waals surface area contributed by atoms with E-state index >= 15 is 0 Å². The predicted molar refractivity (Wildman–Crippen MR) is 69.8 cm³/mol. The number of hydrogen-bond donors (Lipinski definition) is 1. The van der Waals surface area contributed by atoms with Gasteiger partial charge in [0, 0.05) is 12.4 Å². The van der Waals surface area contributed by atoms with Crippen molar-refractivity contribution in [2.24, 2.45) is 7.05 Å². The molecule has 100 valence electrons. The van der Waals surface area contributed by atoms with Crippen LogP contribution in [0.1, 0.15) is 10.4 Å². The van der Waals surface area contributed by atoms with Crippen LogP contribution in [0.4, 0.5) is 0 Å². The zero-order chi connectivity index (χ0) is 14.1. The van der Waals surface area contributed by atoms with Crippen LogP contribution < -0.4 is 4.74 Å². The number of carboxylic acid groups (broad SMARTS) is 1. The molecule has 0 saturated carbocycles. The van der Waals surface area contributed by atoms with E-state index in [0.717, 1.165) is 5.39 Å². The standard InChI is InChI=1S/C13H10N4O3/c1-17-13(14-15-16-17)20-11-9-5-3-2-4-8(9)6-7-10(11)12(18)19/h2-7H,1H3,(H,18,19). The van der Waals surface area contributed by atoms with Crippen molar-refractivity contribution >= 4 is 16.7 Å². The molecule has 0 amide bonds. The van der Waals surface area contributed by atoms with Crippen molar-refractivity contribution in [1.29, 1.82) is 0 Å². The Bertz CT molecular complexity index is 797. The second kappa shape index (κ2) is 4.61. The highest BCUT2D eigenvalue weighted by Gasteiger charge is 2.17. The summed E-state index contributed by atoms with van der Waals surface area (Å²) in [5.74, 6) is -0.839. The summed E-state index contributed by atoms with van der Waals surface area (Å²) in [5.41, 5.74) is 0.0618. The zero-order valence-corrected chi connectivity index (χ0v) is 10.5. The molecule has 7 heteroatoms. The van der Waals surface area contributed by atoms with Crippen LogP contribution in [0.2, 0.25) is 0 Å². The molecule has 7 nitrogen and oxygen atoms in total. The third kappa shape index (κ3) is 1.95. The Morgan fingerprint density at radius 3 is 2.75 bits per heavy atom. The summed E-state index contributed by atoms with van der Waals surface area (Å²) in [4.78, 5) is 11.3. The molecule has 0 bridgehead atoms. The highest BCUT2D eigenvalue weighted by atomic mass is 16.5. The molecule has 3 aromatic rings. The molecule has 2 aromatic carbocycles. The van der Waals surface area contributed by atoms with Gasteiger partial charge in [0.05, 0.1) is 0 Å². The fraction of sp³-hybridized carbons (Fsp3) is 0.0769. The number of ether oxygens (including phenoxy) is 1. The highest BCUT2D eigenvalue weighted by molar-refractivity contribution is 6.00. The van der Waals surface area contributed by atoms with Crippen LogP contribution in [-0.2, 0) is 7.05 Å². The molecule has 0 unspecified atom stereocenters. The number of aromatic carboxylic acids is 1. The topological polar surface area (TPSA) is 90.1 Å². The van der Waals surface area contributed by atoms with Gasteiger partial charge in [-0.2, -0.15) is 4.68 Å². The van der Waals surface area contributed by atoms with Crippen LogP contribution >= 0.6 is 0 Å². The van der Waals surface area contributed by atoms with Gasteiger partial charge in [-0.15, -0.1) is 0 Å². The molecule has 0 aliphatic heterocycles. The molecule has 0 atom stereocenters. The van der Waals surface area contributed by atoms with Crippen molar-refractivity contribution in [3.8, 4) is 11.8 Å². The maximum Gasteiger partial charge on any atom is 0.340 e. The monoisotopic (exact) mass is 270 g/mol. The molecule has 0 spiro atoms. The molecule has 0 radical (unpaired) electrons. The number of rotatable bonds is 3. The molecule has 1 heterocycles. The summed E-state index contributed by atoms with van der Waals surface area (Å²) in [6.07, 6.45) is 0. The van der Waals surface area contributed by atoms with Crippen molar-refractivity contribution in [3.63, 3.8) is 0 Å².